The minimum atomic E-state index is -0.360. The van der Waals surface area contributed by atoms with Crippen molar-refractivity contribution in [1.82, 2.24) is 4.98 Å². The van der Waals surface area contributed by atoms with Crippen molar-refractivity contribution in [3.8, 4) is 0 Å². The van der Waals surface area contributed by atoms with Crippen molar-refractivity contribution in [3.63, 3.8) is 0 Å². The predicted molar refractivity (Wildman–Crippen MR) is 107 cm³/mol. The van der Waals surface area contributed by atoms with Gasteiger partial charge in [-0.2, -0.15) is 0 Å². The van der Waals surface area contributed by atoms with Gasteiger partial charge in [0.15, 0.2) is 5.13 Å². The predicted octanol–water partition coefficient (Wildman–Crippen LogP) is 4.52. The van der Waals surface area contributed by atoms with Gasteiger partial charge in [0.05, 0.1) is 18.2 Å². The lowest BCUT2D eigenvalue weighted by atomic mass is 10.1. The van der Waals surface area contributed by atoms with Gasteiger partial charge in [-0.1, -0.05) is 30.3 Å². The zero-order valence-electron chi connectivity index (χ0n) is 15.0. The number of benzene rings is 2. The Morgan fingerprint density at radius 3 is 2.71 bits per heavy atom. The van der Waals surface area contributed by atoms with Crippen LogP contribution in [0, 0.1) is 0 Å². The maximum atomic E-state index is 12.5. The molecule has 7 heteroatoms. The normalized spacial score (nSPS) is 10.8. The fourth-order valence-electron chi connectivity index (χ4n) is 2.84. The van der Waals surface area contributed by atoms with Crippen LogP contribution in [0.4, 0.5) is 5.13 Å². The second-order valence-corrected chi connectivity index (χ2v) is 7.21. The molecule has 0 saturated carbocycles. The molecule has 0 fully saturated rings. The van der Waals surface area contributed by atoms with E-state index in [1.165, 1.54) is 24.7 Å². The number of ether oxygens (including phenoxy) is 1. The van der Waals surface area contributed by atoms with Crippen LogP contribution in [0.25, 0.3) is 11.0 Å². The highest BCUT2D eigenvalue weighted by Crippen LogP contribution is 2.25. The van der Waals surface area contributed by atoms with Gasteiger partial charge < -0.3 is 9.15 Å². The van der Waals surface area contributed by atoms with Gasteiger partial charge in [-0.25, -0.2) is 9.78 Å². The molecule has 0 aliphatic carbocycles. The lowest BCUT2D eigenvalue weighted by molar-refractivity contribution is 0.0600. The molecule has 4 aromatic rings. The Hall–Kier alpha value is -3.45. The van der Waals surface area contributed by atoms with E-state index >= 15 is 0 Å². The number of esters is 1. The lowest BCUT2D eigenvalue weighted by Crippen LogP contribution is -2.10. The maximum Gasteiger partial charge on any atom is 0.337 e. The monoisotopic (exact) mass is 392 g/mol. The number of nitrogens with one attached hydrogen (secondary N) is 1. The summed E-state index contributed by atoms with van der Waals surface area (Å²) in [5, 5.41) is 4.11. The number of para-hydroxylation sites is 1. The van der Waals surface area contributed by atoms with E-state index < -0.39 is 0 Å². The van der Waals surface area contributed by atoms with E-state index in [0.717, 1.165) is 15.8 Å². The number of rotatable bonds is 5. The molecular formula is C21H16N2O4S. The molecule has 2 heterocycles. The van der Waals surface area contributed by atoms with Gasteiger partial charge in [0, 0.05) is 22.9 Å². The number of nitrogens with zero attached hydrogens (tertiary/aromatic N) is 1. The van der Waals surface area contributed by atoms with E-state index in [0.29, 0.717) is 28.3 Å². The van der Waals surface area contributed by atoms with E-state index in [4.69, 9.17) is 9.15 Å². The molecule has 2 aromatic heterocycles. The number of hydrogen-bond donors (Lipinski definition) is 1. The molecule has 0 aliphatic heterocycles. The molecule has 0 spiro atoms. The fourth-order valence-corrected chi connectivity index (χ4v) is 3.68. The molecule has 1 amide bonds. The topological polar surface area (TPSA) is 81.4 Å². The second-order valence-electron chi connectivity index (χ2n) is 6.10. The summed E-state index contributed by atoms with van der Waals surface area (Å²) in [6.07, 6.45) is 3.85. The molecule has 4 rings (SSSR count). The summed E-state index contributed by atoms with van der Waals surface area (Å²) in [4.78, 5) is 29.3. The van der Waals surface area contributed by atoms with Crippen molar-refractivity contribution in [2.24, 2.45) is 0 Å². The Kier molecular flexibility index (Phi) is 4.90. The van der Waals surface area contributed by atoms with Crippen LogP contribution in [-0.2, 0) is 11.2 Å². The molecule has 0 unspecified atom stereocenters. The Balaban J connectivity index is 1.44. The summed E-state index contributed by atoms with van der Waals surface area (Å²) in [5.41, 5.74) is 2.69. The average Bonchev–Trinajstić information content (AvgIpc) is 3.34. The molecule has 0 radical (unpaired) electrons. The average molecular weight is 392 g/mol. The SMILES string of the molecule is COC(=O)c1ccc(Cc2cnc(NC(=O)c3coc4ccccc34)s2)cc1. The first kappa shape index (κ1) is 17.9. The zero-order valence-corrected chi connectivity index (χ0v) is 15.8. The molecule has 0 aliphatic rings. The van der Waals surface area contributed by atoms with E-state index in [-0.39, 0.29) is 11.9 Å². The van der Waals surface area contributed by atoms with Crippen molar-refractivity contribution >= 4 is 39.3 Å². The van der Waals surface area contributed by atoms with Crippen LogP contribution >= 0.6 is 11.3 Å². The highest BCUT2D eigenvalue weighted by Gasteiger charge is 2.15. The van der Waals surface area contributed by atoms with Gasteiger partial charge in [-0.05, 0) is 23.8 Å². The lowest BCUT2D eigenvalue weighted by Gasteiger charge is -2.01. The van der Waals surface area contributed by atoms with Gasteiger partial charge in [0.2, 0.25) is 0 Å². The number of anilines is 1. The number of hydrogen-bond acceptors (Lipinski definition) is 6. The molecular weight excluding hydrogens is 376 g/mol. The fraction of sp³-hybridized carbons (Fsp3) is 0.0952. The van der Waals surface area contributed by atoms with Crippen LogP contribution in [0.15, 0.2) is 65.4 Å². The van der Waals surface area contributed by atoms with Gasteiger partial charge in [0.25, 0.3) is 5.91 Å². The standard InChI is InChI=1S/C21H16N2O4S/c1-26-20(25)14-8-6-13(7-9-14)10-15-11-22-21(28-15)23-19(24)17-12-27-18-5-3-2-4-16(17)18/h2-9,11-12H,10H2,1H3,(H,22,23,24). The number of methoxy groups -OCH3 is 1. The number of carbonyl (C=O) groups excluding carboxylic acids is 2. The third kappa shape index (κ3) is 3.65. The summed E-state index contributed by atoms with van der Waals surface area (Å²) < 4.78 is 10.1. The number of fused-ring (bicyclic) bond motifs is 1. The smallest absolute Gasteiger partial charge is 0.337 e. The van der Waals surface area contributed by atoms with Crippen molar-refractivity contribution in [3.05, 3.63) is 82.6 Å². The van der Waals surface area contributed by atoms with Crippen molar-refractivity contribution in [1.29, 1.82) is 0 Å². The first-order valence-corrected chi connectivity index (χ1v) is 9.35. The minimum absolute atomic E-state index is 0.256. The Morgan fingerprint density at radius 2 is 1.93 bits per heavy atom. The van der Waals surface area contributed by atoms with Gasteiger partial charge in [0.1, 0.15) is 11.8 Å². The Morgan fingerprint density at radius 1 is 1.14 bits per heavy atom. The van der Waals surface area contributed by atoms with Crippen LogP contribution < -0.4 is 5.32 Å². The molecule has 1 N–H and O–H groups in total. The number of thiazole rings is 1. The summed E-state index contributed by atoms with van der Waals surface area (Å²) in [6, 6.07) is 14.6. The highest BCUT2D eigenvalue weighted by molar-refractivity contribution is 7.15. The quantitative estimate of drug-likeness (QED) is 0.505. The second kappa shape index (κ2) is 7.66. The van der Waals surface area contributed by atoms with Crippen LogP contribution in [0.5, 0.6) is 0 Å². The van der Waals surface area contributed by atoms with Crippen LogP contribution in [0.2, 0.25) is 0 Å². The molecule has 140 valence electrons. The van der Waals surface area contributed by atoms with E-state index in [2.05, 4.69) is 10.3 Å². The first-order valence-electron chi connectivity index (χ1n) is 8.53. The number of carbonyl (C=O) groups is 2. The molecule has 0 saturated heterocycles. The van der Waals surface area contributed by atoms with Crippen LogP contribution in [0.1, 0.15) is 31.2 Å². The van der Waals surface area contributed by atoms with Gasteiger partial charge in [-0.15, -0.1) is 11.3 Å². The highest BCUT2D eigenvalue weighted by atomic mass is 32.1. The number of amides is 1. The molecule has 6 nitrogen and oxygen atoms in total. The van der Waals surface area contributed by atoms with Crippen LogP contribution in [0.3, 0.4) is 0 Å². The maximum absolute atomic E-state index is 12.5. The third-order valence-corrected chi connectivity index (χ3v) is 5.17. The van der Waals surface area contributed by atoms with E-state index in [1.54, 1.807) is 18.3 Å². The minimum Gasteiger partial charge on any atom is -0.465 e. The molecule has 2 aromatic carbocycles. The zero-order chi connectivity index (χ0) is 19.5. The van der Waals surface area contributed by atoms with E-state index in [1.807, 2.05) is 36.4 Å². The summed E-state index contributed by atoms with van der Waals surface area (Å²) in [5.74, 6) is -0.616. The Bertz CT molecular complexity index is 1140. The first-order chi connectivity index (χ1) is 13.6. The van der Waals surface area contributed by atoms with Crippen molar-refractivity contribution < 1.29 is 18.7 Å². The number of furan rings is 1. The van der Waals surface area contributed by atoms with Crippen molar-refractivity contribution in [2.45, 2.75) is 6.42 Å². The Labute approximate surface area is 164 Å². The molecule has 28 heavy (non-hydrogen) atoms. The summed E-state index contributed by atoms with van der Waals surface area (Å²) in [6.45, 7) is 0. The van der Waals surface area contributed by atoms with Gasteiger partial charge in [-0.3, -0.25) is 10.1 Å². The summed E-state index contributed by atoms with van der Waals surface area (Å²) >= 11 is 1.41. The molecule has 0 atom stereocenters. The molecule has 0 bridgehead atoms. The largest absolute Gasteiger partial charge is 0.465 e. The third-order valence-electron chi connectivity index (χ3n) is 4.25. The number of aromatic nitrogens is 1. The van der Waals surface area contributed by atoms with Crippen LogP contribution in [-0.4, -0.2) is 24.0 Å². The van der Waals surface area contributed by atoms with Crippen molar-refractivity contribution in [2.75, 3.05) is 12.4 Å². The van der Waals surface area contributed by atoms with E-state index in [9.17, 15) is 9.59 Å². The summed E-state index contributed by atoms with van der Waals surface area (Å²) in [7, 11) is 1.36. The van der Waals surface area contributed by atoms with Gasteiger partial charge >= 0.3 is 5.97 Å².